The summed E-state index contributed by atoms with van der Waals surface area (Å²) in [7, 11) is 0. The number of benzene rings is 1. The SMILES string of the molecule is CCn1c(NC(=O)OCc2ccccc2)c(Br)c(=O)[nH]c1=O. The van der Waals surface area contributed by atoms with Crippen LogP contribution >= 0.6 is 15.9 Å². The summed E-state index contributed by atoms with van der Waals surface area (Å²) < 4.78 is 6.35. The van der Waals surface area contributed by atoms with E-state index in [1.54, 1.807) is 6.92 Å². The van der Waals surface area contributed by atoms with E-state index in [1.807, 2.05) is 30.3 Å². The summed E-state index contributed by atoms with van der Waals surface area (Å²) in [4.78, 5) is 37.3. The van der Waals surface area contributed by atoms with Gasteiger partial charge in [0.15, 0.2) is 0 Å². The van der Waals surface area contributed by atoms with Gasteiger partial charge in [0, 0.05) is 6.54 Å². The molecule has 0 radical (unpaired) electrons. The summed E-state index contributed by atoms with van der Waals surface area (Å²) in [5.74, 6) is 0.0642. The molecule has 0 unspecified atom stereocenters. The van der Waals surface area contributed by atoms with Crippen LogP contribution in [-0.4, -0.2) is 15.6 Å². The number of carbonyl (C=O) groups is 1. The van der Waals surface area contributed by atoms with E-state index in [0.717, 1.165) is 5.56 Å². The maximum absolute atomic E-state index is 11.8. The first kappa shape index (κ1) is 16.0. The molecule has 116 valence electrons. The van der Waals surface area contributed by atoms with Crippen molar-refractivity contribution in [2.45, 2.75) is 20.1 Å². The molecule has 0 aliphatic rings. The molecule has 0 fully saturated rings. The molecule has 0 aliphatic heterocycles. The molecule has 1 aromatic carbocycles. The number of hydrogen-bond acceptors (Lipinski definition) is 4. The molecule has 1 heterocycles. The molecule has 0 atom stereocenters. The van der Waals surface area contributed by atoms with Gasteiger partial charge in [0.25, 0.3) is 5.56 Å². The average Bonchev–Trinajstić information content (AvgIpc) is 2.51. The van der Waals surface area contributed by atoms with E-state index in [2.05, 4.69) is 26.2 Å². The summed E-state index contributed by atoms with van der Waals surface area (Å²) in [6, 6.07) is 9.16. The lowest BCUT2D eigenvalue weighted by molar-refractivity contribution is 0.155. The molecule has 0 bridgehead atoms. The Labute approximate surface area is 134 Å². The predicted octanol–water partition coefficient (Wildman–Crippen LogP) is 2.07. The second-order valence-corrected chi connectivity index (χ2v) is 5.15. The van der Waals surface area contributed by atoms with Gasteiger partial charge < -0.3 is 4.74 Å². The molecule has 0 spiro atoms. The molecule has 2 aromatic rings. The van der Waals surface area contributed by atoms with Crippen LogP contribution in [0, 0.1) is 0 Å². The normalized spacial score (nSPS) is 10.3. The van der Waals surface area contributed by atoms with E-state index in [9.17, 15) is 14.4 Å². The molecular formula is C14H14BrN3O4. The number of H-pyrrole nitrogens is 1. The minimum atomic E-state index is -0.753. The van der Waals surface area contributed by atoms with E-state index in [1.165, 1.54) is 4.57 Å². The van der Waals surface area contributed by atoms with Crippen molar-refractivity contribution in [1.82, 2.24) is 9.55 Å². The molecule has 2 N–H and O–H groups in total. The Morgan fingerprint density at radius 1 is 1.32 bits per heavy atom. The number of hydrogen-bond donors (Lipinski definition) is 2. The molecule has 0 saturated carbocycles. The third-order valence-electron chi connectivity index (χ3n) is 2.89. The molecule has 2 rings (SSSR count). The molecule has 1 aromatic heterocycles. The Balaban J connectivity index is 2.15. The molecule has 22 heavy (non-hydrogen) atoms. The van der Waals surface area contributed by atoms with Gasteiger partial charge in [-0.25, -0.2) is 9.59 Å². The first-order valence-electron chi connectivity index (χ1n) is 6.53. The van der Waals surface area contributed by atoms with E-state index in [4.69, 9.17) is 4.74 Å². The fourth-order valence-corrected chi connectivity index (χ4v) is 2.24. The highest BCUT2D eigenvalue weighted by Crippen LogP contribution is 2.16. The van der Waals surface area contributed by atoms with Crippen molar-refractivity contribution in [3.8, 4) is 0 Å². The second kappa shape index (κ2) is 7.08. The van der Waals surface area contributed by atoms with Crippen molar-refractivity contribution in [2.75, 3.05) is 5.32 Å². The van der Waals surface area contributed by atoms with Crippen LogP contribution in [0.15, 0.2) is 44.4 Å². The number of anilines is 1. The lowest BCUT2D eigenvalue weighted by Crippen LogP contribution is -2.33. The van der Waals surface area contributed by atoms with Crippen LogP contribution in [-0.2, 0) is 17.9 Å². The van der Waals surface area contributed by atoms with Crippen molar-refractivity contribution in [1.29, 1.82) is 0 Å². The first-order valence-corrected chi connectivity index (χ1v) is 7.32. The molecule has 0 aliphatic carbocycles. The quantitative estimate of drug-likeness (QED) is 0.864. The van der Waals surface area contributed by atoms with Crippen molar-refractivity contribution in [3.05, 3.63) is 61.2 Å². The number of aromatic nitrogens is 2. The minimum absolute atomic E-state index is 0.0608. The van der Waals surface area contributed by atoms with Crippen molar-refractivity contribution < 1.29 is 9.53 Å². The number of aromatic amines is 1. The zero-order chi connectivity index (χ0) is 16.1. The fraction of sp³-hybridized carbons (Fsp3) is 0.214. The van der Waals surface area contributed by atoms with Gasteiger partial charge >= 0.3 is 11.8 Å². The maximum Gasteiger partial charge on any atom is 0.413 e. The highest BCUT2D eigenvalue weighted by atomic mass is 79.9. The van der Waals surface area contributed by atoms with Gasteiger partial charge in [-0.2, -0.15) is 0 Å². The van der Waals surface area contributed by atoms with Gasteiger partial charge in [-0.05, 0) is 28.4 Å². The molecule has 1 amide bonds. The minimum Gasteiger partial charge on any atom is -0.444 e. The monoisotopic (exact) mass is 367 g/mol. The van der Waals surface area contributed by atoms with E-state index in [0.29, 0.717) is 0 Å². The van der Waals surface area contributed by atoms with Crippen LogP contribution < -0.4 is 16.6 Å². The van der Waals surface area contributed by atoms with Gasteiger partial charge in [0.05, 0.1) is 0 Å². The lowest BCUT2D eigenvalue weighted by Gasteiger charge is -2.13. The first-order chi connectivity index (χ1) is 10.5. The number of rotatable bonds is 4. The predicted molar refractivity (Wildman–Crippen MR) is 84.9 cm³/mol. The van der Waals surface area contributed by atoms with Gasteiger partial charge in [0.1, 0.15) is 16.9 Å². The topological polar surface area (TPSA) is 93.2 Å². The highest BCUT2D eigenvalue weighted by Gasteiger charge is 2.15. The smallest absolute Gasteiger partial charge is 0.413 e. The van der Waals surface area contributed by atoms with Crippen molar-refractivity contribution in [3.63, 3.8) is 0 Å². The van der Waals surface area contributed by atoms with Crippen LogP contribution in [0.1, 0.15) is 12.5 Å². The van der Waals surface area contributed by atoms with Crippen LogP contribution in [0.3, 0.4) is 0 Å². The molecule has 8 heteroatoms. The van der Waals surface area contributed by atoms with Gasteiger partial charge in [-0.3, -0.25) is 19.7 Å². The molecular weight excluding hydrogens is 354 g/mol. The number of nitrogens with one attached hydrogen (secondary N) is 2. The Morgan fingerprint density at radius 2 is 2.00 bits per heavy atom. The second-order valence-electron chi connectivity index (χ2n) is 4.35. The fourth-order valence-electron chi connectivity index (χ4n) is 1.83. The largest absolute Gasteiger partial charge is 0.444 e. The number of carbonyl (C=O) groups excluding carboxylic acids is 1. The number of ether oxygens (including phenoxy) is 1. The van der Waals surface area contributed by atoms with Crippen molar-refractivity contribution in [2.24, 2.45) is 0 Å². The van der Waals surface area contributed by atoms with Crippen LogP contribution in [0.2, 0.25) is 0 Å². The summed E-state index contributed by atoms with van der Waals surface area (Å²) >= 11 is 3.06. The summed E-state index contributed by atoms with van der Waals surface area (Å²) in [6.45, 7) is 2.08. The molecule has 7 nitrogen and oxygen atoms in total. The average molecular weight is 368 g/mol. The summed E-state index contributed by atoms with van der Waals surface area (Å²) in [5, 5.41) is 2.42. The number of nitrogens with zero attached hydrogens (tertiary/aromatic N) is 1. The van der Waals surface area contributed by atoms with Crippen LogP contribution in [0.5, 0.6) is 0 Å². The van der Waals surface area contributed by atoms with Gasteiger partial charge in [-0.15, -0.1) is 0 Å². The van der Waals surface area contributed by atoms with Gasteiger partial charge in [0.2, 0.25) is 0 Å². The molecule has 0 saturated heterocycles. The van der Waals surface area contributed by atoms with Crippen molar-refractivity contribution >= 4 is 27.8 Å². The summed E-state index contributed by atoms with van der Waals surface area (Å²) in [6.07, 6.45) is -0.753. The zero-order valence-corrected chi connectivity index (χ0v) is 13.3. The van der Waals surface area contributed by atoms with Gasteiger partial charge in [-0.1, -0.05) is 30.3 Å². The third-order valence-corrected chi connectivity index (χ3v) is 3.63. The Bertz CT molecular complexity index is 783. The van der Waals surface area contributed by atoms with Crippen LogP contribution in [0.25, 0.3) is 0 Å². The number of halogens is 1. The van der Waals surface area contributed by atoms with E-state index >= 15 is 0 Å². The third kappa shape index (κ3) is 3.64. The van der Waals surface area contributed by atoms with E-state index < -0.39 is 17.3 Å². The standard InChI is InChI=1S/C14H14BrN3O4/c1-2-18-11(10(15)12(19)17-13(18)20)16-14(21)22-8-9-6-4-3-5-7-9/h3-7H,2,8H2,1H3,(H,16,21)(H,17,19,20). The Hall–Kier alpha value is -2.35. The Morgan fingerprint density at radius 3 is 2.64 bits per heavy atom. The van der Waals surface area contributed by atoms with Crippen LogP contribution in [0.4, 0.5) is 10.6 Å². The Kier molecular flexibility index (Phi) is 5.16. The van der Waals surface area contributed by atoms with E-state index in [-0.39, 0.29) is 23.4 Å². The maximum atomic E-state index is 11.8. The highest BCUT2D eigenvalue weighted by molar-refractivity contribution is 9.10. The zero-order valence-electron chi connectivity index (χ0n) is 11.8. The number of amides is 1. The summed E-state index contributed by atoms with van der Waals surface area (Å²) in [5.41, 5.74) is -0.391. The lowest BCUT2D eigenvalue weighted by atomic mass is 10.2.